The Labute approximate surface area is 142 Å². The Balaban J connectivity index is 1.27. The van der Waals surface area contributed by atoms with Gasteiger partial charge in [-0.1, -0.05) is 11.3 Å². The quantitative estimate of drug-likeness (QED) is 0.840. The van der Waals surface area contributed by atoms with Crippen molar-refractivity contribution in [1.29, 1.82) is 0 Å². The summed E-state index contributed by atoms with van der Waals surface area (Å²) < 4.78 is 7.44. The van der Waals surface area contributed by atoms with Crippen LogP contribution in [0.2, 0.25) is 0 Å². The van der Waals surface area contributed by atoms with Crippen LogP contribution in [0.25, 0.3) is 0 Å². The van der Waals surface area contributed by atoms with Crippen LogP contribution in [0.4, 0.5) is 0 Å². The number of hydrogen-bond donors (Lipinski definition) is 0. The van der Waals surface area contributed by atoms with E-state index < -0.39 is 0 Å². The van der Waals surface area contributed by atoms with E-state index in [1.54, 1.807) is 6.20 Å². The lowest BCUT2D eigenvalue weighted by Crippen LogP contribution is -2.36. The zero-order valence-electron chi connectivity index (χ0n) is 14.0. The normalized spacial score (nSPS) is 22.9. The molecule has 0 N–H and O–H groups in total. The van der Waals surface area contributed by atoms with Gasteiger partial charge in [0.25, 0.3) is 0 Å². The number of pyridine rings is 1. The monoisotopic (exact) mass is 327 g/mol. The Bertz CT molecular complexity index is 630. The maximum atomic E-state index is 5.55. The van der Waals surface area contributed by atoms with Crippen molar-refractivity contribution >= 4 is 0 Å². The topological polar surface area (TPSA) is 56.1 Å². The predicted octanol–water partition coefficient (Wildman–Crippen LogP) is 1.97. The van der Waals surface area contributed by atoms with Gasteiger partial charge in [-0.2, -0.15) is 0 Å². The van der Waals surface area contributed by atoms with Gasteiger partial charge >= 0.3 is 0 Å². The van der Waals surface area contributed by atoms with Crippen LogP contribution >= 0.6 is 0 Å². The molecule has 2 aromatic rings. The minimum Gasteiger partial charge on any atom is -0.381 e. The lowest BCUT2D eigenvalue weighted by Gasteiger charge is -2.33. The van der Waals surface area contributed by atoms with E-state index in [4.69, 9.17) is 4.74 Å². The molecule has 0 bridgehead atoms. The largest absolute Gasteiger partial charge is 0.381 e. The predicted molar refractivity (Wildman–Crippen MR) is 90.3 cm³/mol. The second-order valence-corrected chi connectivity index (χ2v) is 7.01. The fourth-order valence-corrected chi connectivity index (χ4v) is 3.90. The van der Waals surface area contributed by atoms with E-state index >= 15 is 0 Å². The first kappa shape index (κ1) is 15.7. The third-order valence-corrected chi connectivity index (χ3v) is 5.30. The molecule has 0 saturated carbocycles. The van der Waals surface area contributed by atoms with Gasteiger partial charge in [-0.05, 0) is 55.8 Å². The Morgan fingerprint density at radius 2 is 2.04 bits per heavy atom. The van der Waals surface area contributed by atoms with Crippen LogP contribution in [0.3, 0.4) is 0 Å². The molecule has 0 radical (unpaired) electrons. The van der Waals surface area contributed by atoms with Crippen LogP contribution in [-0.2, 0) is 17.8 Å². The molecule has 24 heavy (non-hydrogen) atoms. The van der Waals surface area contributed by atoms with Gasteiger partial charge in [0.1, 0.15) is 0 Å². The maximum absolute atomic E-state index is 5.55. The van der Waals surface area contributed by atoms with Gasteiger partial charge in [0.15, 0.2) is 0 Å². The zero-order chi connectivity index (χ0) is 16.2. The number of aromatic nitrogens is 4. The first-order chi connectivity index (χ1) is 11.9. The molecule has 4 heterocycles. The van der Waals surface area contributed by atoms with Crippen molar-refractivity contribution < 1.29 is 4.74 Å². The van der Waals surface area contributed by atoms with Crippen LogP contribution in [0.1, 0.15) is 30.5 Å². The number of likely N-dealkylation sites (tertiary alicyclic amines) is 1. The fourth-order valence-electron chi connectivity index (χ4n) is 3.90. The van der Waals surface area contributed by atoms with E-state index in [0.717, 1.165) is 62.5 Å². The number of rotatable bonds is 5. The van der Waals surface area contributed by atoms with Gasteiger partial charge in [-0.25, -0.2) is 4.68 Å². The molecule has 1 atom stereocenters. The summed E-state index contributed by atoms with van der Waals surface area (Å²) in [6.07, 6.45) is 9.56. The summed E-state index contributed by atoms with van der Waals surface area (Å²) in [7, 11) is 0. The lowest BCUT2D eigenvalue weighted by atomic mass is 9.84. The number of nitrogens with zero attached hydrogens (tertiary/aromatic N) is 5. The number of hydrogen-bond acceptors (Lipinski definition) is 5. The first-order valence-corrected chi connectivity index (χ1v) is 8.95. The van der Waals surface area contributed by atoms with Gasteiger partial charge in [-0.15, -0.1) is 5.10 Å². The third kappa shape index (κ3) is 3.82. The summed E-state index contributed by atoms with van der Waals surface area (Å²) in [4.78, 5) is 6.65. The highest BCUT2D eigenvalue weighted by Gasteiger charge is 2.29. The molecular weight excluding hydrogens is 302 g/mol. The van der Waals surface area contributed by atoms with E-state index in [0.29, 0.717) is 0 Å². The third-order valence-electron chi connectivity index (χ3n) is 5.30. The Kier molecular flexibility index (Phi) is 4.85. The van der Waals surface area contributed by atoms with Crippen molar-refractivity contribution in [2.24, 2.45) is 11.8 Å². The molecule has 6 heteroatoms. The molecule has 2 aromatic heterocycles. The Morgan fingerprint density at radius 3 is 2.79 bits per heavy atom. The van der Waals surface area contributed by atoms with Gasteiger partial charge < -0.3 is 4.74 Å². The number of piperidine rings is 1. The SMILES string of the molecule is c1cncc(Cn2cc(CN3CCC(C4CCOC4)CC3)nn2)c1. The minimum atomic E-state index is 0.727. The van der Waals surface area contributed by atoms with Crippen molar-refractivity contribution in [2.75, 3.05) is 26.3 Å². The minimum absolute atomic E-state index is 0.727. The van der Waals surface area contributed by atoms with E-state index in [-0.39, 0.29) is 0 Å². The fraction of sp³-hybridized carbons (Fsp3) is 0.611. The van der Waals surface area contributed by atoms with Crippen LogP contribution in [0.5, 0.6) is 0 Å². The van der Waals surface area contributed by atoms with Gasteiger partial charge in [0, 0.05) is 32.2 Å². The van der Waals surface area contributed by atoms with Gasteiger partial charge in [0.05, 0.1) is 18.4 Å². The first-order valence-electron chi connectivity index (χ1n) is 8.95. The van der Waals surface area contributed by atoms with Crippen LogP contribution < -0.4 is 0 Å². The Hall–Kier alpha value is -1.79. The highest BCUT2D eigenvalue weighted by atomic mass is 16.5. The molecule has 0 amide bonds. The molecular formula is C18H25N5O. The van der Waals surface area contributed by atoms with Gasteiger partial charge in [0.2, 0.25) is 0 Å². The Morgan fingerprint density at radius 1 is 1.12 bits per heavy atom. The van der Waals surface area contributed by atoms with Crippen LogP contribution in [0, 0.1) is 11.8 Å². The highest BCUT2D eigenvalue weighted by Crippen LogP contribution is 2.30. The molecule has 128 valence electrons. The van der Waals surface area contributed by atoms with E-state index in [1.807, 2.05) is 16.9 Å². The molecule has 0 aromatic carbocycles. The second-order valence-electron chi connectivity index (χ2n) is 7.01. The van der Waals surface area contributed by atoms with Crippen molar-refractivity contribution in [3.05, 3.63) is 42.0 Å². The summed E-state index contributed by atoms with van der Waals surface area (Å²) >= 11 is 0. The summed E-state index contributed by atoms with van der Waals surface area (Å²) in [5, 5.41) is 8.58. The average molecular weight is 327 g/mol. The van der Waals surface area contributed by atoms with E-state index in [2.05, 4.69) is 32.5 Å². The van der Waals surface area contributed by atoms with Gasteiger partial charge in [-0.3, -0.25) is 9.88 Å². The van der Waals surface area contributed by atoms with E-state index in [9.17, 15) is 0 Å². The smallest absolute Gasteiger partial charge is 0.0967 e. The lowest BCUT2D eigenvalue weighted by molar-refractivity contribution is 0.121. The molecule has 2 aliphatic rings. The van der Waals surface area contributed by atoms with Crippen molar-refractivity contribution in [3.63, 3.8) is 0 Å². The van der Waals surface area contributed by atoms with Crippen molar-refractivity contribution in [1.82, 2.24) is 24.9 Å². The summed E-state index contributed by atoms with van der Waals surface area (Å²) in [6, 6.07) is 4.01. The molecule has 0 aliphatic carbocycles. The average Bonchev–Trinajstić information content (AvgIpc) is 3.29. The summed E-state index contributed by atoms with van der Waals surface area (Å²) in [5.74, 6) is 1.65. The van der Waals surface area contributed by atoms with E-state index in [1.165, 1.54) is 19.3 Å². The van der Waals surface area contributed by atoms with Crippen LogP contribution in [-0.4, -0.2) is 51.2 Å². The standard InChI is InChI=1S/C18H25N5O/c1-2-15(10-19-6-1)11-23-13-18(20-21-23)12-22-7-3-16(4-8-22)17-5-9-24-14-17/h1-2,6,10,13,16-17H,3-5,7-9,11-12,14H2. The number of ether oxygens (including phenoxy) is 1. The van der Waals surface area contributed by atoms with Crippen molar-refractivity contribution in [2.45, 2.75) is 32.4 Å². The molecule has 1 unspecified atom stereocenters. The molecule has 0 spiro atoms. The van der Waals surface area contributed by atoms with Crippen LogP contribution in [0.15, 0.2) is 30.7 Å². The maximum Gasteiger partial charge on any atom is 0.0967 e. The molecule has 6 nitrogen and oxygen atoms in total. The highest BCUT2D eigenvalue weighted by molar-refractivity contribution is 5.09. The summed E-state index contributed by atoms with van der Waals surface area (Å²) in [5.41, 5.74) is 2.20. The second kappa shape index (κ2) is 7.40. The van der Waals surface area contributed by atoms with Crippen molar-refractivity contribution in [3.8, 4) is 0 Å². The molecule has 2 aliphatic heterocycles. The summed E-state index contributed by atoms with van der Waals surface area (Å²) in [6.45, 7) is 5.90. The molecule has 2 saturated heterocycles. The molecule has 4 rings (SSSR count). The zero-order valence-corrected chi connectivity index (χ0v) is 14.0. The molecule has 2 fully saturated rings.